The molecule has 2 aliphatic rings. The predicted molar refractivity (Wildman–Crippen MR) is 250 cm³/mol. The van der Waals surface area contributed by atoms with Crippen molar-refractivity contribution in [2.75, 3.05) is 13.2 Å². The summed E-state index contributed by atoms with van der Waals surface area (Å²) in [7, 11) is -5.47. The van der Waals surface area contributed by atoms with E-state index >= 15 is 0 Å². The molecule has 17 heteroatoms. The molecule has 0 aromatic heterocycles. The Morgan fingerprint density at radius 2 is 1.41 bits per heavy atom. The van der Waals surface area contributed by atoms with E-state index in [1.54, 1.807) is 12.2 Å². The van der Waals surface area contributed by atoms with Crippen molar-refractivity contribution in [3.8, 4) is 0 Å². The van der Waals surface area contributed by atoms with Gasteiger partial charge in [-0.05, 0) is 64.2 Å². The third kappa shape index (κ3) is 24.6. The summed E-state index contributed by atoms with van der Waals surface area (Å²) in [5.74, 6) is -5.17. The number of aliphatic hydroxyl groups is 7. The van der Waals surface area contributed by atoms with Crippen LogP contribution in [0.15, 0.2) is 48.6 Å². The standard InChI is InChI=1S/C49H83O16P/c1-3-5-7-8-9-10-11-12-13-14-15-16-17-18-19-20-26-30-43(54)64-37-34-62-42(53)29-25-22-21-24-28-38-40(51)33-41(52)39(32-31-36(50)27-23-6-4-2)45(56)47(58)49(48(59)46(57)44(38)55)65-66(60,61)63-35-37/h9-10,12-13,21,24,31-32,36-40,44-51,55-59H,3-8,11,14-20,22-23,25-30,33-35H2,1-2H3,(H,60,61)/b10-9-,13-12-,24-21-,32-31?/t36-,37+,38-,39-,40-,44+,45+,46-,47+,48+,49+/m0/s1. The van der Waals surface area contributed by atoms with Crippen LogP contribution in [0.5, 0.6) is 0 Å². The van der Waals surface area contributed by atoms with Gasteiger partial charge in [0.25, 0.3) is 0 Å². The van der Waals surface area contributed by atoms with Gasteiger partial charge >= 0.3 is 19.8 Å². The summed E-state index contributed by atoms with van der Waals surface area (Å²) in [4.78, 5) is 50.2. The van der Waals surface area contributed by atoms with Gasteiger partial charge in [0.2, 0.25) is 0 Å². The molecule has 0 spiro atoms. The van der Waals surface area contributed by atoms with E-state index in [1.165, 1.54) is 25.3 Å². The van der Waals surface area contributed by atoms with Crippen LogP contribution in [0.4, 0.5) is 0 Å². The zero-order chi connectivity index (χ0) is 48.7. The Kier molecular flexibility index (Phi) is 31.2. The number of hydrogen-bond acceptors (Lipinski definition) is 15. The van der Waals surface area contributed by atoms with E-state index in [0.717, 1.165) is 76.7 Å². The highest BCUT2D eigenvalue weighted by atomic mass is 31.2. The number of esters is 2. The molecule has 16 nitrogen and oxygen atoms in total. The summed E-state index contributed by atoms with van der Waals surface area (Å²) in [6.45, 7) is 2.76. The van der Waals surface area contributed by atoms with E-state index in [2.05, 4.69) is 31.2 Å². The number of phosphoric acid groups is 1. The quantitative estimate of drug-likeness (QED) is 0.0234. The van der Waals surface area contributed by atoms with E-state index in [4.69, 9.17) is 18.5 Å². The van der Waals surface area contributed by atoms with Crippen LogP contribution in [-0.4, -0.2) is 127 Å². The van der Waals surface area contributed by atoms with Gasteiger partial charge in [0.05, 0.1) is 36.9 Å². The Morgan fingerprint density at radius 1 is 0.788 bits per heavy atom. The van der Waals surface area contributed by atoms with E-state index in [9.17, 15) is 59.6 Å². The van der Waals surface area contributed by atoms with Gasteiger partial charge in [0, 0.05) is 25.2 Å². The largest absolute Gasteiger partial charge is 0.472 e. The van der Waals surface area contributed by atoms with Crippen LogP contribution < -0.4 is 0 Å². The van der Waals surface area contributed by atoms with E-state index < -0.39 is 112 Å². The lowest BCUT2D eigenvalue weighted by atomic mass is 9.83. The molecule has 2 rings (SSSR count). The molecule has 380 valence electrons. The smallest absolute Gasteiger partial charge is 0.462 e. The Hall–Kier alpha value is -2.60. The lowest BCUT2D eigenvalue weighted by molar-refractivity contribution is -0.166. The average molecular weight is 959 g/mol. The summed E-state index contributed by atoms with van der Waals surface area (Å²) in [5, 5.41) is 78.5. The molecule has 0 radical (unpaired) electrons. The number of hydrogen-bond donors (Lipinski definition) is 8. The summed E-state index contributed by atoms with van der Waals surface area (Å²) in [5.41, 5.74) is 0. The van der Waals surface area contributed by atoms with Gasteiger partial charge < -0.3 is 50.1 Å². The second-order valence-corrected chi connectivity index (χ2v) is 19.2. The molecule has 12 atom stereocenters. The van der Waals surface area contributed by atoms with Gasteiger partial charge in [0.1, 0.15) is 36.8 Å². The molecule has 2 bridgehead atoms. The number of fused-ring (bicyclic) bond motifs is 4. The maximum absolute atomic E-state index is 13.7. The van der Waals surface area contributed by atoms with Gasteiger partial charge in [-0.15, -0.1) is 0 Å². The molecule has 66 heavy (non-hydrogen) atoms. The van der Waals surface area contributed by atoms with Gasteiger partial charge in [-0.2, -0.15) is 0 Å². The topological polar surface area (TPSA) is 267 Å². The number of aliphatic hydroxyl groups excluding tert-OH is 7. The normalized spacial score (nSPS) is 31.4. The molecule has 0 aromatic rings. The fourth-order valence-corrected chi connectivity index (χ4v) is 8.88. The summed E-state index contributed by atoms with van der Waals surface area (Å²) in [6, 6.07) is 0. The van der Waals surface area contributed by atoms with E-state index in [0.29, 0.717) is 32.1 Å². The SMILES string of the molecule is CCCCC/C=C\C/C=C\CCCCCCCCCC(=O)O[C@@H]1COC(=O)CCC/C=C\C[C@@H]2[C@@H](O)[C@H](O)[C@@H](O)[C@H](OP(=O)(O)OC1)[C@H](O)[C@H](O)[C@@H](C=C[C@@H](O)CCCCC)C(=O)C[C@@H]2O. The van der Waals surface area contributed by atoms with Crippen LogP contribution in [0.1, 0.15) is 162 Å². The molecule has 1 unspecified atom stereocenters. The highest BCUT2D eigenvalue weighted by Crippen LogP contribution is 2.47. The van der Waals surface area contributed by atoms with Crippen molar-refractivity contribution in [2.24, 2.45) is 11.8 Å². The number of ketones is 1. The second kappa shape index (κ2) is 34.6. The number of phosphoric ester groups is 1. The number of cyclic esters (lactones) is 1. The minimum atomic E-state index is -5.47. The Morgan fingerprint density at radius 3 is 2.09 bits per heavy atom. The van der Waals surface area contributed by atoms with Crippen molar-refractivity contribution in [3.63, 3.8) is 0 Å². The number of carbonyl (C=O) groups excluding carboxylic acids is 3. The fourth-order valence-electron chi connectivity index (χ4n) is 7.91. The second-order valence-electron chi connectivity index (χ2n) is 17.7. The number of ether oxygens (including phenoxy) is 2. The predicted octanol–water partition coefficient (Wildman–Crippen LogP) is 6.54. The summed E-state index contributed by atoms with van der Waals surface area (Å²) >= 11 is 0. The van der Waals surface area contributed by atoms with Crippen LogP contribution >= 0.6 is 7.82 Å². The highest BCUT2D eigenvalue weighted by molar-refractivity contribution is 7.47. The van der Waals surface area contributed by atoms with Crippen LogP contribution in [0, 0.1) is 11.8 Å². The van der Waals surface area contributed by atoms with Crippen molar-refractivity contribution >= 4 is 25.5 Å². The molecule has 1 aliphatic heterocycles. The van der Waals surface area contributed by atoms with Crippen molar-refractivity contribution in [2.45, 2.75) is 216 Å². The maximum atomic E-state index is 13.7. The first-order chi connectivity index (χ1) is 31.6. The van der Waals surface area contributed by atoms with Crippen LogP contribution in [0.3, 0.4) is 0 Å². The average Bonchev–Trinajstić information content (AvgIpc) is 3.28. The summed E-state index contributed by atoms with van der Waals surface area (Å²) in [6.07, 6.45) is 12.5. The van der Waals surface area contributed by atoms with E-state index in [-0.39, 0.29) is 19.3 Å². The van der Waals surface area contributed by atoms with Crippen molar-refractivity contribution < 1.29 is 78.1 Å². The molecule has 0 saturated heterocycles. The summed E-state index contributed by atoms with van der Waals surface area (Å²) < 4.78 is 34.7. The molecular formula is C49H83O16P. The molecule has 0 aromatic carbocycles. The lowest BCUT2D eigenvalue weighted by Gasteiger charge is -2.36. The van der Waals surface area contributed by atoms with Crippen molar-refractivity contribution in [3.05, 3.63) is 48.6 Å². The first kappa shape index (κ1) is 59.5. The van der Waals surface area contributed by atoms with Crippen molar-refractivity contribution in [1.82, 2.24) is 0 Å². The van der Waals surface area contributed by atoms with Crippen LogP contribution in [0.25, 0.3) is 0 Å². The Bertz CT molecular complexity index is 1520. The van der Waals surface area contributed by atoms with Crippen LogP contribution in [0.2, 0.25) is 0 Å². The highest BCUT2D eigenvalue weighted by Gasteiger charge is 2.49. The van der Waals surface area contributed by atoms with Gasteiger partial charge in [-0.1, -0.05) is 127 Å². The number of unbranched alkanes of at least 4 members (excludes halogenated alkanes) is 12. The van der Waals surface area contributed by atoms with Gasteiger partial charge in [-0.3, -0.25) is 23.4 Å². The van der Waals surface area contributed by atoms with Gasteiger partial charge in [0.15, 0.2) is 6.10 Å². The van der Waals surface area contributed by atoms with E-state index in [1.807, 2.05) is 6.92 Å². The molecule has 1 fully saturated rings. The minimum absolute atomic E-state index is 0.0142. The lowest BCUT2D eigenvalue weighted by Crippen LogP contribution is -2.55. The first-order valence-electron chi connectivity index (χ1n) is 24.5. The molecule has 8 N–H and O–H groups in total. The number of Topliss-reactive ketones (excluding diaryl/α,β-unsaturated/α-hetero) is 1. The Balaban J connectivity index is 2.15. The van der Waals surface area contributed by atoms with Gasteiger partial charge in [-0.25, -0.2) is 4.57 Å². The number of allylic oxidation sites excluding steroid dienone is 6. The molecule has 1 aliphatic carbocycles. The Labute approximate surface area is 392 Å². The zero-order valence-corrected chi connectivity index (χ0v) is 40.3. The minimum Gasteiger partial charge on any atom is -0.462 e. The van der Waals surface area contributed by atoms with Crippen LogP contribution in [-0.2, 0) is 37.5 Å². The maximum Gasteiger partial charge on any atom is 0.472 e. The number of rotatable bonds is 23. The molecule has 1 heterocycles. The first-order valence-corrected chi connectivity index (χ1v) is 26.0. The molecule has 0 amide bonds. The number of carbonyl (C=O) groups is 3. The molecular weight excluding hydrogens is 875 g/mol. The zero-order valence-electron chi connectivity index (χ0n) is 39.4. The third-order valence-electron chi connectivity index (χ3n) is 12.0. The van der Waals surface area contributed by atoms with Crippen molar-refractivity contribution in [1.29, 1.82) is 0 Å². The fraction of sp³-hybridized carbons (Fsp3) is 0.776. The third-order valence-corrected chi connectivity index (χ3v) is 13.0. The molecule has 1 saturated carbocycles. The monoisotopic (exact) mass is 959 g/mol.